The quantitative estimate of drug-likeness (QED) is 0.898. The van der Waals surface area contributed by atoms with Crippen molar-refractivity contribution in [1.29, 1.82) is 0 Å². The number of hydrogen-bond acceptors (Lipinski definition) is 3. The van der Waals surface area contributed by atoms with Gasteiger partial charge in [-0.1, -0.05) is 11.6 Å². The SMILES string of the molecule is COc1cc(C)c(Cl)cc1N(C)CC1(N)CC1. The van der Waals surface area contributed by atoms with Crippen LogP contribution in [0.15, 0.2) is 12.1 Å². The minimum Gasteiger partial charge on any atom is -0.495 e. The number of aryl methyl sites for hydroxylation is 1. The van der Waals surface area contributed by atoms with E-state index >= 15 is 0 Å². The maximum absolute atomic E-state index is 6.16. The van der Waals surface area contributed by atoms with E-state index in [-0.39, 0.29) is 5.54 Å². The van der Waals surface area contributed by atoms with Gasteiger partial charge in [0.2, 0.25) is 0 Å². The molecule has 3 nitrogen and oxygen atoms in total. The average Bonchev–Trinajstić information content (AvgIpc) is 2.99. The molecule has 0 saturated heterocycles. The summed E-state index contributed by atoms with van der Waals surface area (Å²) in [6.45, 7) is 2.81. The Balaban J connectivity index is 2.26. The van der Waals surface area contributed by atoms with Crippen LogP contribution in [-0.2, 0) is 0 Å². The van der Waals surface area contributed by atoms with Crippen molar-refractivity contribution in [2.45, 2.75) is 25.3 Å². The van der Waals surface area contributed by atoms with Crippen LogP contribution >= 0.6 is 11.6 Å². The molecule has 1 aliphatic rings. The van der Waals surface area contributed by atoms with E-state index in [9.17, 15) is 0 Å². The van der Waals surface area contributed by atoms with Gasteiger partial charge in [0.05, 0.1) is 12.8 Å². The standard InChI is InChI=1S/C13H19ClN2O/c1-9-6-12(17-3)11(7-10(9)14)16(2)8-13(15)4-5-13/h6-7H,4-5,8,15H2,1-3H3. The van der Waals surface area contributed by atoms with Crippen LogP contribution in [0.25, 0.3) is 0 Å². The number of nitrogens with zero attached hydrogens (tertiary/aromatic N) is 1. The third kappa shape index (κ3) is 2.67. The zero-order valence-corrected chi connectivity index (χ0v) is 11.3. The first kappa shape index (κ1) is 12.5. The summed E-state index contributed by atoms with van der Waals surface area (Å²) in [4.78, 5) is 2.12. The minimum absolute atomic E-state index is 0.0167. The molecule has 0 amide bonds. The fourth-order valence-corrected chi connectivity index (χ4v) is 2.14. The molecule has 1 aliphatic carbocycles. The summed E-state index contributed by atoms with van der Waals surface area (Å²) in [6.07, 6.45) is 2.19. The average molecular weight is 255 g/mol. The van der Waals surface area contributed by atoms with Crippen LogP contribution in [0.1, 0.15) is 18.4 Å². The molecule has 0 radical (unpaired) electrons. The molecule has 0 unspecified atom stereocenters. The van der Waals surface area contributed by atoms with Crippen LogP contribution < -0.4 is 15.4 Å². The number of benzene rings is 1. The van der Waals surface area contributed by atoms with E-state index in [0.717, 1.165) is 41.4 Å². The molecule has 4 heteroatoms. The molecule has 2 N–H and O–H groups in total. The zero-order chi connectivity index (χ0) is 12.6. The first-order valence-corrected chi connectivity index (χ1v) is 6.17. The Hall–Kier alpha value is -0.930. The van der Waals surface area contributed by atoms with Crippen molar-refractivity contribution in [2.75, 3.05) is 25.6 Å². The molecule has 0 bridgehead atoms. The second-order valence-electron chi connectivity index (χ2n) is 4.99. The number of rotatable bonds is 4. The topological polar surface area (TPSA) is 38.5 Å². The summed E-state index contributed by atoms with van der Waals surface area (Å²) in [5, 5.41) is 0.759. The predicted octanol–water partition coefficient (Wildman–Crippen LogP) is 2.58. The van der Waals surface area contributed by atoms with Crippen LogP contribution in [0.5, 0.6) is 5.75 Å². The molecule has 0 aliphatic heterocycles. The van der Waals surface area contributed by atoms with Crippen molar-refractivity contribution in [1.82, 2.24) is 0 Å². The highest BCUT2D eigenvalue weighted by atomic mass is 35.5. The van der Waals surface area contributed by atoms with E-state index < -0.39 is 0 Å². The summed E-state index contributed by atoms with van der Waals surface area (Å²) >= 11 is 6.16. The molecule has 17 heavy (non-hydrogen) atoms. The molecule has 1 aromatic carbocycles. The maximum Gasteiger partial charge on any atom is 0.142 e. The van der Waals surface area contributed by atoms with Gasteiger partial charge < -0.3 is 15.4 Å². The largest absolute Gasteiger partial charge is 0.495 e. The van der Waals surface area contributed by atoms with Gasteiger partial charge >= 0.3 is 0 Å². The number of hydrogen-bond donors (Lipinski definition) is 1. The monoisotopic (exact) mass is 254 g/mol. The molecule has 94 valence electrons. The van der Waals surface area contributed by atoms with Gasteiger partial charge in [-0.15, -0.1) is 0 Å². The second kappa shape index (κ2) is 4.39. The lowest BCUT2D eigenvalue weighted by Gasteiger charge is -2.25. The maximum atomic E-state index is 6.16. The molecule has 1 fully saturated rings. The molecule has 0 spiro atoms. The highest BCUT2D eigenvalue weighted by Gasteiger charge is 2.39. The van der Waals surface area contributed by atoms with E-state index in [1.807, 2.05) is 26.1 Å². The first-order chi connectivity index (χ1) is 7.95. The van der Waals surface area contributed by atoms with E-state index in [1.165, 1.54) is 0 Å². The molecule has 2 rings (SSSR count). The number of methoxy groups -OCH3 is 1. The van der Waals surface area contributed by atoms with Gasteiger partial charge in [0.25, 0.3) is 0 Å². The summed E-state index contributed by atoms with van der Waals surface area (Å²) < 4.78 is 5.40. The van der Waals surface area contributed by atoms with Gasteiger partial charge in [0.1, 0.15) is 5.75 Å². The lowest BCUT2D eigenvalue weighted by molar-refractivity contribution is 0.414. The molecule has 0 heterocycles. The zero-order valence-electron chi connectivity index (χ0n) is 10.6. The van der Waals surface area contributed by atoms with Crippen LogP contribution in [0.3, 0.4) is 0 Å². The lowest BCUT2D eigenvalue weighted by Crippen LogP contribution is -2.37. The van der Waals surface area contributed by atoms with E-state index in [0.29, 0.717) is 0 Å². The Labute approximate surface area is 107 Å². The Morgan fingerprint density at radius 3 is 2.65 bits per heavy atom. The highest BCUT2D eigenvalue weighted by molar-refractivity contribution is 6.31. The number of ether oxygens (including phenoxy) is 1. The van der Waals surface area contributed by atoms with Crippen LogP contribution in [0, 0.1) is 6.92 Å². The van der Waals surface area contributed by atoms with E-state index in [2.05, 4.69) is 4.90 Å². The van der Waals surface area contributed by atoms with Crippen LogP contribution in [0.2, 0.25) is 5.02 Å². The van der Waals surface area contributed by atoms with E-state index in [4.69, 9.17) is 22.1 Å². The summed E-state index contributed by atoms with van der Waals surface area (Å²) in [5.74, 6) is 0.846. The van der Waals surface area contributed by atoms with E-state index in [1.54, 1.807) is 7.11 Å². The summed E-state index contributed by atoms with van der Waals surface area (Å²) in [7, 11) is 3.70. The first-order valence-electron chi connectivity index (χ1n) is 5.79. The van der Waals surface area contributed by atoms with Crippen LogP contribution in [0.4, 0.5) is 5.69 Å². The Morgan fingerprint density at radius 1 is 1.47 bits per heavy atom. The highest BCUT2D eigenvalue weighted by Crippen LogP contribution is 2.37. The van der Waals surface area contributed by atoms with Crippen molar-refractivity contribution in [3.63, 3.8) is 0 Å². The van der Waals surface area contributed by atoms with Crippen molar-refractivity contribution < 1.29 is 4.74 Å². The van der Waals surface area contributed by atoms with Gasteiger partial charge in [-0.2, -0.15) is 0 Å². The fourth-order valence-electron chi connectivity index (χ4n) is 1.98. The van der Waals surface area contributed by atoms with Crippen molar-refractivity contribution in [2.24, 2.45) is 5.73 Å². The van der Waals surface area contributed by atoms with Gasteiger partial charge in [-0.25, -0.2) is 0 Å². The second-order valence-corrected chi connectivity index (χ2v) is 5.40. The molecule has 0 atom stereocenters. The molecule has 1 saturated carbocycles. The Kier molecular flexibility index (Phi) is 3.23. The number of halogens is 1. The normalized spacial score (nSPS) is 16.8. The summed E-state index contributed by atoms with van der Waals surface area (Å²) in [6, 6.07) is 3.91. The Bertz CT molecular complexity index is 430. The number of likely N-dealkylation sites (N-methyl/N-ethyl adjacent to an activating group) is 1. The van der Waals surface area contributed by atoms with Gasteiger partial charge in [-0.05, 0) is 37.5 Å². The third-order valence-corrected chi connectivity index (χ3v) is 3.72. The van der Waals surface area contributed by atoms with Gasteiger partial charge in [0.15, 0.2) is 0 Å². The van der Waals surface area contributed by atoms with Crippen LogP contribution in [-0.4, -0.2) is 26.2 Å². The van der Waals surface area contributed by atoms with Gasteiger partial charge in [-0.3, -0.25) is 0 Å². The number of anilines is 1. The van der Waals surface area contributed by atoms with Gasteiger partial charge in [0, 0.05) is 24.2 Å². The molecule has 1 aromatic rings. The van der Waals surface area contributed by atoms with Crippen molar-refractivity contribution in [3.05, 3.63) is 22.7 Å². The molecule has 0 aromatic heterocycles. The number of nitrogens with two attached hydrogens (primary N) is 1. The van der Waals surface area contributed by atoms with Crippen molar-refractivity contribution >= 4 is 17.3 Å². The Morgan fingerprint density at radius 2 is 2.12 bits per heavy atom. The third-order valence-electron chi connectivity index (χ3n) is 3.32. The van der Waals surface area contributed by atoms with Crippen molar-refractivity contribution in [3.8, 4) is 5.75 Å². The smallest absolute Gasteiger partial charge is 0.142 e. The fraction of sp³-hybridized carbons (Fsp3) is 0.538. The minimum atomic E-state index is -0.0167. The lowest BCUT2D eigenvalue weighted by atomic mass is 10.1. The predicted molar refractivity (Wildman–Crippen MR) is 72.2 cm³/mol. The molecular weight excluding hydrogens is 236 g/mol. The molecular formula is C13H19ClN2O. The summed E-state index contributed by atoms with van der Waals surface area (Å²) in [5.41, 5.74) is 8.13.